The monoisotopic (exact) mass is 435 g/mol. The Morgan fingerprint density at radius 1 is 1.16 bits per heavy atom. The quantitative estimate of drug-likeness (QED) is 0.618. The van der Waals surface area contributed by atoms with E-state index in [2.05, 4.69) is 19.9 Å². The summed E-state index contributed by atoms with van der Waals surface area (Å²) in [5, 5.41) is 0. The van der Waals surface area contributed by atoms with Crippen molar-refractivity contribution in [3.8, 4) is 23.1 Å². The second-order valence-corrected chi connectivity index (χ2v) is 7.53. The molecule has 3 heterocycles. The van der Waals surface area contributed by atoms with Crippen LogP contribution >= 0.6 is 0 Å². The van der Waals surface area contributed by atoms with Crippen molar-refractivity contribution in [2.45, 2.75) is 6.42 Å². The van der Waals surface area contributed by atoms with Crippen LogP contribution in [0.5, 0.6) is 11.8 Å². The number of hydrogen-bond acceptors (Lipinski definition) is 9. The van der Waals surface area contributed by atoms with Gasteiger partial charge in [-0.05, 0) is 29.8 Å². The number of nitrogens with two attached hydrogens (primary N) is 1. The van der Waals surface area contributed by atoms with Crippen LogP contribution in [-0.2, 0) is 16.0 Å². The van der Waals surface area contributed by atoms with Crippen molar-refractivity contribution in [3.63, 3.8) is 0 Å². The van der Waals surface area contributed by atoms with Crippen LogP contribution in [0.1, 0.15) is 5.56 Å². The van der Waals surface area contributed by atoms with Gasteiger partial charge in [0.2, 0.25) is 11.9 Å². The highest BCUT2D eigenvalue weighted by Gasteiger charge is 2.18. The van der Waals surface area contributed by atoms with Crippen LogP contribution in [0.3, 0.4) is 0 Å². The zero-order valence-corrected chi connectivity index (χ0v) is 18.1. The molecular formula is C22H25N7O3. The average Bonchev–Trinajstić information content (AvgIpc) is 2.80. The van der Waals surface area contributed by atoms with Crippen LogP contribution in [0.25, 0.3) is 11.4 Å². The third kappa shape index (κ3) is 5.27. The van der Waals surface area contributed by atoms with Crippen molar-refractivity contribution >= 4 is 17.7 Å². The zero-order chi connectivity index (χ0) is 22.5. The molecule has 1 saturated heterocycles. The molecule has 0 unspecified atom stereocenters. The van der Waals surface area contributed by atoms with E-state index in [0.29, 0.717) is 55.2 Å². The van der Waals surface area contributed by atoms with Crippen LogP contribution < -0.4 is 15.4 Å². The molecule has 2 aromatic heterocycles. The van der Waals surface area contributed by atoms with E-state index in [-0.39, 0.29) is 18.3 Å². The first-order valence-corrected chi connectivity index (χ1v) is 10.3. The van der Waals surface area contributed by atoms with Crippen molar-refractivity contribution in [1.82, 2.24) is 24.8 Å². The molecule has 1 amide bonds. The van der Waals surface area contributed by atoms with E-state index in [9.17, 15) is 4.79 Å². The number of nitrogens with zero attached hydrogens (tertiary/aromatic N) is 6. The Kier molecular flexibility index (Phi) is 6.41. The molecule has 2 N–H and O–H groups in total. The number of nitrogen functional groups attached to an aromatic ring is 1. The maximum Gasteiger partial charge on any atom is 0.327 e. The molecular weight excluding hydrogens is 410 g/mol. The predicted octanol–water partition coefficient (Wildman–Crippen LogP) is 1.78. The van der Waals surface area contributed by atoms with Gasteiger partial charge >= 0.3 is 6.01 Å². The summed E-state index contributed by atoms with van der Waals surface area (Å²) in [5.41, 5.74) is 7.25. The van der Waals surface area contributed by atoms with Crippen LogP contribution in [0.4, 0.5) is 11.8 Å². The summed E-state index contributed by atoms with van der Waals surface area (Å²) in [6, 6.07) is 11.0. The number of anilines is 2. The van der Waals surface area contributed by atoms with Crippen molar-refractivity contribution in [1.29, 1.82) is 0 Å². The van der Waals surface area contributed by atoms with E-state index >= 15 is 0 Å². The van der Waals surface area contributed by atoms with E-state index in [1.807, 2.05) is 23.1 Å². The van der Waals surface area contributed by atoms with Crippen molar-refractivity contribution in [3.05, 3.63) is 48.2 Å². The smallest absolute Gasteiger partial charge is 0.327 e. The molecule has 0 saturated carbocycles. The van der Waals surface area contributed by atoms with E-state index in [1.165, 1.54) is 0 Å². The minimum Gasteiger partial charge on any atom is -0.424 e. The third-order valence-electron chi connectivity index (χ3n) is 4.90. The lowest BCUT2D eigenvalue weighted by molar-refractivity contribution is -0.127. The van der Waals surface area contributed by atoms with Gasteiger partial charge in [0.1, 0.15) is 11.6 Å². The van der Waals surface area contributed by atoms with Gasteiger partial charge in [-0.3, -0.25) is 4.79 Å². The Hall–Kier alpha value is -3.79. The summed E-state index contributed by atoms with van der Waals surface area (Å²) in [5.74, 6) is 1.90. The molecule has 4 rings (SSSR count). The first kappa shape index (κ1) is 21.4. The number of hydrogen-bond donors (Lipinski definition) is 1. The minimum absolute atomic E-state index is 0.00931. The zero-order valence-electron chi connectivity index (χ0n) is 18.1. The molecule has 0 spiro atoms. The molecule has 0 aliphatic carbocycles. The van der Waals surface area contributed by atoms with E-state index in [1.54, 1.807) is 43.4 Å². The molecule has 0 atom stereocenters. The lowest BCUT2D eigenvalue weighted by Crippen LogP contribution is -2.37. The van der Waals surface area contributed by atoms with Gasteiger partial charge in [-0.1, -0.05) is 12.1 Å². The summed E-state index contributed by atoms with van der Waals surface area (Å²) < 4.78 is 11.4. The topological polar surface area (TPSA) is 120 Å². The highest BCUT2D eigenvalue weighted by Crippen LogP contribution is 2.25. The normalized spacial score (nSPS) is 13.6. The predicted molar refractivity (Wildman–Crippen MR) is 119 cm³/mol. The van der Waals surface area contributed by atoms with E-state index in [4.69, 9.17) is 15.2 Å². The van der Waals surface area contributed by atoms with Crippen LogP contribution in [-0.4, -0.2) is 71.1 Å². The SMILES string of the molecule is CN(C)C(=O)Cc1cccc(Oc2nc(-c3ccc(N)nc3)nc(N3CCOCC3)n2)c1. The molecule has 1 fully saturated rings. The van der Waals surface area contributed by atoms with E-state index in [0.717, 1.165) is 5.56 Å². The number of rotatable bonds is 6. The number of benzene rings is 1. The lowest BCUT2D eigenvalue weighted by atomic mass is 10.1. The van der Waals surface area contributed by atoms with Crippen LogP contribution in [0.2, 0.25) is 0 Å². The van der Waals surface area contributed by atoms with Crippen molar-refractivity contribution in [2.24, 2.45) is 0 Å². The molecule has 3 aromatic rings. The summed E-state index contributed by atoms with van der Waals surface area (Å²) >= 11 is 0. The summed E-state index contributed by atoms with van der Waals surface area (Å²) in [6.45, 7) is 2.54. The van der Waals surface area contributed by atoms with Crippen LogP contribution in [0, 0.1) is 0 Å². The molecule has 1 aromatic carbocycles. The fraction of sp³-hybridized carbons (Fsp3) is 0.318. The number of pyridine rings is 1. The van der Waals surface area contributed by atoms with Gasteiger partial charge in [-0.2, -0.15) is 15.0 Å². The second kappa shape index (κ2) is 9.56. The Balaban J connectivity index is 1.64. The third-order valence-corrected chi connectivity index (χ3v) is 4.90. The standard InChI is InChI=1S/C22H25N7O3/c1-28(2)19(30)13-15-4-3-5-17(12-15)32-22-26-20(16-6-7-18(23)24-14-16)25-21(27-22)29-8-10-31-11-9-29/h3-7,12,14H,8-11,13H2,1-2H3,(H2,23,24). The number of amides is 1. The Morgan fingerprint density at radius 2 is 1.97 bits per heavy atom. The average molecular weight is 435 g/mol. The lowest BCUT2D eigenvalue weighted by Gasteiger charge is -2.27. The van der Waals surface area contributed by atoms with Gasteiger partial charge in [0.25, 0.3) is 0 Å². The number of carbonyl (C=O) groups is 1. The van der Waals surface area contributed by atoms with Gasteiger partial charge in [0.05, 0.1) is 19.6 Å². The van der Waals surface area contributed by atoms with Gasteiger partial charge in [0.15, 0.2) is 5.82 Å². The number of likely N-dealkylation sites (N-methyl/N-ethyl adjacent to an activating group) is 1. The number of morpholine rings is 1. The van der Waals surface area contributed by atoms with Gasteiger partial charge in [-0.15, -0.1) is 0 Å². The summed E-state index contributed by atoms with van der Waals surface area (Å²) in [6.07, 6.45) is 1.90. The fourth-order valence-corrected chi connectivity index (χ4v) is 3.12. The number of ether oxygens (including phenoxy) is 2. The second-order valence-electron chi connectivity index (χ2n) is 7.53. The molecule has 10 nitrogen and oxygen atoms in total. The molecule has 0 bridgehead atoms. The molecule has 1 aliphatic rings. The Bertz CT molecular complexity index is 1080. The van der Waals surface area contributed by atoms with Crippen LogP contribution in [0.15, 0.2) is 42.6 Å². The van der Waals surface area contributed by atoms with E-state index < -0.39 is 0 Å². The molecule has 10 heteroatoms. The minimum atomic E-state index is 0.00931. The van der Waals surface area contributed by atoms with Gasteiger partial charge in [-0.25, -0.2) is 4.98 Å². The first-order chi connectivity index (χ1) is 15.5. The Morgan fingerprint density at radius 3 is 2.69 bits per heavy atom. The maximum absolute atomic E-state index is 12.0. The molecule has 0 radical (unpaired) electrons. The molecule has 32 heavy (non-hydrogen) atoms. The summed E-state index contributed by atoms with van der Waals surface area (Å²) in [4.78, 5) is 33.4. The number of aromatic nitrogens is 4. The largest absolute Gasteiger partial charge is 0.424 e. The van der Waals surface area contributed by atoms with Crippen molar-refractivity contribution < 1.29 is 14.3 Å². The summed E-state index contributed by atoms with van der Waals surface area (Å²) in [7, 11) is 3.46. The molecule has 166 valence electrons. The highest BCUT2D eigenvalue weighted by atomic mass is 16.5. The van der Waals surface area contributed by atoms with Gasteiger partial charge < -0.3 is 25.0 Å². The number of carbonyl (C=O) groups excluding carboxylic acids is 1. The first-order valence-electron chi connectivity index (χ1n) is 10.3. The fourth-order valence-electron chi connectivity index (χ4n) is 3.12. The maximum atomic E-state index is 12.0. The van der Waals surface area contributed by atoms with Crippen molar-refractivity contribution in [2.75, 3.05) is 51.0 Å². The highest BCUT2D eigenvalue weighted by molar-refractivity contribution is 5.78. The Labute approximate surface area is 186 Å². The molecule has 1 aliphatic heterocycles. The van der Waals surface area contributed by atoms with Gasteiger partial charge in [0, 0.05) is 38.9 Å².